The zero-order chi connectivity index (χ0) is 13.4. The van der Waals surface area contributed by atoms with Gasteiger partial charge in [-0.1, -0.05) is 60.8 Å². The van der Waals surface area contributed by atoms with Gasteiger partial charge in [0.1, 0.15) is 0 Å². The molecule has 0 saturated heterocycles. The highest BCUT2D eigenvalue weighted by atomic mass is 79.9. The summed E-state index contributed by atoms with van der Waals surface area (Å²) >= 11 is 3.28. The average molecular weight is 345 g/mol. The maximum atomic E-state index is 12.0. The first-order valence-electron chi connectivity index (χ1n) is 6.94. The largest absolute Gasteiger partial charge is 0.293 e. The third-order valence-electron chi connectivity index (χ3n) is 3.27. The topological polar surface area (TPSA) is 17.1 Å². The summed E-state index contributed by atoms with van der Waals surface area (Å²) in [6, 6.07) is 6.19. The van der Waals surface area contributed by atoms with Crippen molar-refractivity contribution in [1.29, 1.82) is 0 Å². The molecule has 0 aliphatic rings. The van der Waals surface area contributed by atoms with E-state index < -0.39 is 0 Å². The van der Waals surface area contributed by atoms with E-state index in [2.05, 4.69) is 35.8 Å². The highest BCUT2D eigenvalue weighted by molar-refractivity contribution is 9.09. The minimum Gasteiger partial charge on any atom is -0.293 e. The van der Waals surface area contributed by atoms with Crippen LogP contribution in [0.4, 0.5) is 0 Å². The average Bonchev–Trinajstić information content (AvgIpc) is 2.42. The van der Waals surface area contributed by atoms with Crippen molar-refractivity contribution in [1.82, 2.24) is 0 Å². The van der Waals surface area contributed by atoms with Gasteiger partial charge in [0.25, 0.3) is 0 Å². The molecule has 0 aromatic heterocycles. The van der Waals surface area contributed by atoms with Crippen LogP contribution in [-0.2, 0) is 12.8 Å². The van der Waals surface area contributed by atoms with Crippen LogP contribution in [0.15, 0.2) is 18.2 Å². The van der Waals surface area contributed by atoms with Crippen LogP contribution in [0.5, 0.6) is 0 Å². The van der Waals surface area contributed by atoms with Gasteiger partial charge < -0.3 is 0 Å². The molecule has 0 N–H and O–H groups in total. The molecule has 0 saturated carbocycles. The molecule has 3 heteroatoms. The Morgan fingerprint density at radius 1 is 1.11 bits per heavy atom. The van der Waals surface area contributed by atoms with Gasteiger partial charge in [0.15, 0.2) is 5.78 Å². The van der Waals surface area contributed by atoms with E-state index in [9.17, 15) is 4.79 Å². The normalized spacial score (nSPS) is 10.1. The predicted octanol–water partition coefficient (Wildman–Crippen LogP) is 5.06. The Bertz CT molecular complexity index is 390. The second-order valence-corrected chi connectivity index (χ2v) is 5.27. The molecule has 1 aromatic carbocycles. The Kier molecular flexibility index (Phi) is 10.3. The summed E-state index contributed by atoms with van der Waals surface area (Å²) in [6.45, 7) is 4.40. The first kappa shape index (κ1) is 18.7. The maximum absolute atomic E-state index is 12.0. The van der Waals surface area contributed by atoms with Crippen LogP contribution in [0.25, 0.3) is 0 Å². The highest BCUT2D eigenvalue weighted by Gasteiger charge is 2.13. The van der Waals surface area contributed by atoms with Crippen LogP contribution < -0.4 is 0 Å². The number of unbranched alkanes of at least 4 members (excludes halogenated alkanes) is 2. The molecular formula is C16H25BrOS. The molecule has 19 heavy (non-hydrogen) atoms. The molecule has 0 bridgehead atoms. The summed E-state index contributed by atoms with van der Waals surface area (Å²) < 4.78 is 0. The van der Waals surface area contributed by atoms with Crippen molar-refractivity contribution in [3.8, 4) is 0 Å². The van der Waals surface area contributed by atoms with Gasteiger partial charge in [0.05, 0.1) is 5.33 Å². The summed E-state index contributed by atoms with van der Waals surface area (Å²) in [7, 11) is 0. The molecule has 0 amide bonds. The fraction of sp³-hybridized carbons (Fsp3) is 0.562. The number of Topliss-reactive ketones (excluding diaryl/α,β-unsaturated/α-hetero) is 1. The summed E-state index contributed by atoms with van der Waals surface area (Å²) in [4.78, 5) is 12.0. The van der Waals surface area contributed by atoms with E-state index in [0.717, 1.165) is 24.8 Å². The van der Waals surface area contributed by atoms with Crippen molar-refractivity contribution in [2.45, 2.75) is 52.4 Å². The lowest BCUT2D eigenvalue weighted by Crippen LogP contribution is -2.08. The van der Waals surface area contributed by atoms with Crippen molar-refractivity contribution in [3.63, 3.8) is 0 Å². The van der Waals surface area contributed by atoms with E-state index in [-0.39, 0.29) is 19.3 Å². The number of benzene rings is 1. The van der Waals surface area contributed by atoms with Crippen molar-refractivity contribution in [2.75, 3.05) is 5.33 Å². The Labute approximate surface area is 132 Å². The molecule has 1 nitrogen and oxygen atoms in total. The van der Waals surface area contributed by atoms with Crippen molar-refractivity contribution < 1.29 is 4.79 Å². The van der Waals surface area contributed by atoms with Crippen molar-refractivity contribution in [2.24, 2.45) is 0 Å². The fourth-order valence-corrected chi connectivity index (χ4v) is 2.52. The van der Waals surface area contributed by atoms with Crippen molar-refractivity contribution in [3.05, 3.63) is 34.9 Å². The number of hydrogen-bond acceptors (Lipinski definition) is 1. The number of carbonyl (C=O) groups is 1. The first-order chi connectivity index (χ1) is 8.74. The molecule has 0 unspecified atom stereocenters. The van der Waals surface area contributed by atoms with E-state index in [0.29, 0.717) is 5.33 Å². The summed E-state index contributed by atoms with van der Waals surface area (Å²) in [5.74, 6) is 0.208. The van der Waals surface area contributed by atoms with Crippen LogP contribution in [0, 0.1) is 0 Å². The lowest BCUT2D eigenvalue weighted by molar-refractivity contribution is 0.102. The van der Waals surface area contributed by atoms with Gasteiger partial charge in [-0.25, -0.2) is 0 Å². The molecule has 0 aliphatic carbocycles. The quantitative estimate of drug-likeness (QED) is 0.475. The lowest BCUT2D eigenvalue weighted by Gasteiger charge is -2.13. The Morgan fingerprint density at radius 2 is 1.74 bits per heavy atom. The zero-order valence-electron chi connectivity index (χ0n) is 12.0. The fourth-order valence-electron chi connectivity index (χ4n) is 2.22. The minimum absolute atomic E-state index is 0. The van der Waals surface area contributed by atoms with E-state index in [1.807, 2.05) is 12.1 Å². The first-order valence-corrected chi connectivity index (χ1v) is 8.06. The second-order valence-electron chi connectivity index (χ2n) is 4.71. The standard InChI is InChI=1S/C16H23BrO.H2S/c1-3-5-8-13-9-7-11-15(16(18)12-17)14(13)10-6-4-2;/h7,9,11H,3-6,8,10,12H2,1-2H3;1H2. The molecule has 1 aromatic rings. The number of aryl methyl sites for hydroxylation is 1. The number of hydrogen-bond donors (Lipinski definition) is 0. The number of carbonyl (C=O) groups excluding carboxylic acids is 1. The van der Waals surface area contributed by atoms with Gasteiger partial charge in [0.2, 0.25) is 0 Å². The Balaban J connectivity index is 0.00000324. The SMILES string of the molecule is CCCCc1cccc(C(=O)CBr)c1CCCC.S. The zero-order valence-corrected chi connectivity index (χ0v) is 14.6. The predicted molar refractivity (Wildman–Crippen MR) is 92.2 cm³/mol. The summed E-state index contributed by atoms with van der Waals surface area (Å²) in [5.41, 5.74) is 3.59. The van der Waals surface area contributed by atoms with Crippen molar-refractivity contribution >= 4 is 35.2 Å². The molecule has 1 rings (SSSR count). The molecule has 0 atom stereocenters. The Hall–Kier alpha value is -0.280. The smallest absolute Gasteiger partial charge is 0.173 e. The van der Waals surface area contributed by atoms with Crippen LogP contribution in [0.1, 0.15) is 61.0 Å². The van der Waals surface area contributed by atoms with Gasteiger partial charge in [0, 0.05) is 5.56 Å². The van der Waals surface area contributed by atoms with Gasteiger partial charge >= 0.3 is 0 Å². The third kappa shape index (κ3) is 5.70. The van der Waals surface area contributed by atoms with Crippen LogP contribution in [0.3, 0.4) is 0 Å². The Morgan fingerprint density at radius 3 is 2.32 bits per heavy atom. The van der Waals surface area contributed by atoms with E-state index in [1.54, 1.807) is 0 Å². The third-order valence-corrected chi connectivity index (χ3v) is 3.78. The second kappa shape index (κ2) is 10.5. The molecular weight excluding hydrogens is 320 g/mol. The number of ketones is 1. The minimum atomic E-state index is 0. The molecule has 108 valence electrons. The van der Waals surface area contributed by atoms with E-state index >= 15 is 0 Å². The van der Waals surface area contributed by atoms with Gasteiger partial charge in [-0.05, 0) is 36.8 Å². The summed E-state index contributed by atoms with van der Waals surface area (Å²) in [5, 5.41) is 0.420. The van der Waals surface area contributed by atoms with Gasteiger partial charge in [-0.3, -0.25) is 4.79 Å². The molecule has 0 heterocycles. The number of rotatable bonds is 8. The molecule has 0 radical (unpaired) electrons. The monoisotopic (exact) mass is 344 g/mol. The maximum Gasteiger partial charge on any atom is 0.173 e. The van der Waals surface area contributed by atoms with Gasteiger partial charge in [-0.2, -0.15) is 13.5 Å². The van der Waals surface area contributed by atoms with Gasteiger partial charge in [-0.15, -0.1) is 0 Å². The lowest BCUT2D eigenvalue weighted by atomic mass is 9.92. The molecule has 0 spiro atoms. The van der Waals surface area contributed by atoms with E-state index in [4.69, 9.17) is 0 Å². The summed E-state index contributed by atoms with van der Waals surface area (Å²) in [6.07, 6.45) is 6.86. The number of alkyl halides is 1. The van der Waals surface area contributed by atoms with Crippen LogP contribution in [-0.4, -0.2) is 11.1 Å². The molecule has 0 aliphatic heterocycles. The number of halogens is 1. The van der Waals surface area contributed by atoms with Crippen LogP contribution in [0.2, 0.25) is 0 Å². The molecule has 0 fully saturated rings. The van der Waals surface area contributed by atoms with E-state index in [1.165, 1.54) is 30.4 Å². The highest BCUT2D eigenvalue weighted by Crippen LogP contribution is 2.21. The van der Waals surface area contributed by atoms with Crippen LogP contribution >= 0.6 is 29.4 Å².